The summed E-state index contributed by atoms with van der Waals surface area (Å²) >= 11 is 0. The van der Waals surface area contributed by atoms with Gasteiger partial charge in [0.15, 0.2) is 0 Å². The van der Waals surface area contributed by atoms with Gasteiger partial charge in [-0.05, 0) is 25.1 Å². The first-order valence-corrected chi connectivity index (χ1v) is 10.4. The van der Waals surface area contributed by atoms with E-state index < -0.39 is 23.8 Å². The molecule has 9 heteroatoms. The van der Waals surface area contributed by atoms with Gasteiger partial charge in [0.05, 0.1) is 29.0 Å². The zero-order valence-corrected chi connectivity index (χ0v) is 17.9. The van der Waals surface area contributed by atoms with E-state index in [1.165, 1.54) is 12.1 Å². The van der Waals surface area contributed by atoms with Gasteiger partial charge in [-0.1, -0.05) is 18.2 Å². The first kappa shape index (κ1) is 21.9. The van der Waals surface area contributed by atoms with E-state index in [9.17, 15) is 18.0 Å². The molecule has 4 rings (SSSR count). The molecule has 3 aromatic rings. The number of nitrogens with one attached hydrogen (secondary N) is 1. The molecule has 0 saturated carbocycles. The molecule has 1 N–H and O–H groups in total. The van der Waals surface area contributed by atoms with Crippen LogP contribution in [0.25, 0.3) is 10.9 Å². The van der Waals surface area contributed by atoms with E-state index in [0.717, 1.165) is 17.1 Å². The van der Waals surface area contributed by atoms with Crippen LogP contribution in [0.5, 0.6) is 0 Å². The van der Waals surface area contributed by atoms with Gasteiger partial charge in [0.2, 0.25) is 5.91 Å². The molecule has 1 aromatic heterocycles. The third-order valence-electron chi connectivity index (χ3n) is 5.84. The molecular weight excluding hydrogens is 419 g/mol. The molecule has 1 saturated heterocycles. The molecule has 0 radical (unpaired) electrons. The number of hydrogen-bond donors (Lipinski definition) is 1. The predicted octanol–water partition coefficient (Wildman–Crippen LogP) is 4.55. The van der Waals surface area contributed by atoms with Gasteiger partial charge < -0.3 is 15.1 Å². The van der Waals surface area contributed by atoms with Crippen LogP contribution in [0, 0.1) is 5.82 Å². The Morgan fingerprint density at radius 1 is 1.09 bits per heavy atom. The summed E-state index contributed by atoms with van der Waals surface area (Å²) in [6, 6.07) is 9.26. The molecule has 1 fully saturated rings. The van der Waals surface area contributed by atoms with Gasteiger partial charge in [-0.3, -0.25) is 4.79 Å². The Kier molecular flexibility index (Phi) is 6.16. The number of rotatable bonds is 5. The van der Waals surface area contributed by atoms with Crippen molar-refractivity contribution in [2.75, 3.05) is 36.4 Å². The van der Waals surface area contributed by atoms with Crippen molar-refractivity contribution in [2.45, 2.75) is 26.3 Å². The van der Waals surface area contributed by atoms with E-state index in [4.69, 9.17) is 0 Å². The summed E-state index contributed by atoms with van der Waals surface area (Å²) in [5, 5.41) is 12.2. The minimum atomic E-state index is -2.88. The summed E-state index contributed by atoms with van der Waals surface area (Å²) in [5.74, 6) is -0.833. The average molecular weight is 443 g/mol. The molecule has 0 unspecified atom stereocenters. The molecule has 6 nitrogen and oxygen atoms in total. The lowest BCUT2D eigenvalue weighted by atomic mass is 10.0. The highest BCUT2D eigenvalue weighted by Crippen LogP contribution is 2.32. The second-order valence-electron chi connectivity index (χ2n) is 7.87. The predicted molar refractivity (Wildman–Crippen MR) is 117 cm³/mol. The van der Waals surface area contributed by atoms with Gasteiger partial charge in [-0.15, -0.1) is 0 Å². The lowest BCUT2D eigenvalue weighted by molar-refractivity contribution is -0.129. The minimum absolute atomic E-state index is 0.0713. The van der Waals surface area contributed by atoms with Gasteiger partial charge in [0.25, 0.3) is 6.43 Å². The molecule has 1 aliphatic rings. The second-order valence-corrected chi connectivity index (χ2v) is 7.87. The standard InChI is InChI=1S/C23H24F3N5O/c1-14(17-4-3-5-18(22(17)24)23(25)26)28-21-13-27-29-20-7-6-16(12-19(20)21)31-10-8-30(9-11-31)15(2)32/h3-7,12-14,23H,8-11H2,1-2H3,(H,28,29)/t14-/m1/s1. The fourth-order valence-corrected chi connectivity index (χ4v) is 4.02. The van der Waals surface area contributed by atoms with Crippen LogP contribution < -0.4 is 10.2 Å². The van der Waals surface area contributed by atoms with Crippen molar-refractivity contribution in [3.63, 3.8) is 0 Å². The summed E-state index contributed by atoms with van der Waals surface area (Å²) in [4.78, 5) is 15.6. The van der Waals surface area contributed by atoms with Crippen LogP contribution in [-0.4, -0.2) is 47.2 Å². The topological polar surface area (TPSA) is 61.4 Å². The van der Waals surface area contributed by atoms with Crippen LogP contribution in [0.4, 0.5) is 24.5 Å². The van der Waals surface area contributed by atoms with Crippen molar-refractivity contribution in [3.8, 4) is 0 Å². The zero-order chi connectivity index (χ0) is 22.8. The van der Waals surface area contributed by atoms with Crippen LogP contribution in [-0.2, 0) is 4.79 Å². The van der Waals surface area contributed by atoms with Crippen molar-refractivity contribution < 1.29 is 18.0 Å². The number of amides is 1. The van der Waals surface area contributed by atoms with Gasteiger partial charge in [0, 0.05) is 49.7 Å². The smallest absolute Gasteiger partial charge is 0.266 e. The quantitative estimate of drug-likeness (QED) is 0.627. The Morgan fingerprint density at radius 3 is 2.50 bits per heavy atom. The molecule has 1 atom stereocenters. The summed E-state index contributed by atoms with van der Waals surface area (Å²) in [5.41, 5.74) is 1.82. The Labute approximate surface area is 184 Å². The molecule has 0 spiro atoms. The van der Waals surface area contributed by atoms with Crippen LogP contribution in [0.2, 0.25) is 0 Å². The molecule has 0 bridgehead atoms. The highest BCUT2D eigenvalue weighted by atomic mass is 19.3. The highest BCUT2D eigenvalue weighted by Gasteiger charge is 2.21. The summed E-state index contributed by atoms with van der Waals surface area (Å²) in [6.45, 7) is 6.03. The Morgan fingerprint density at radius 2 is 1.81 bits per heavy atom. The Bertz CT molecular complexity index is 1130. The highest BCUT2D eigenvalue weighted by molar-refractivity contribution is 5.93. The maximum Gasteiger partial charge on any atom is 0.266 e. The molecule has 1 aliphatic heterocycles. The molecule has 168 valence electrons. The van der Waals surface area contributed by atoms with Crippen molar-refractivity contribution in [1.29, 1.82) is 0 Å². The minimum Gasteiger partial charge on any atom is -0.377 e. The van der Waals surface area contributed by atoms with Crippen LogP contribution in [0.1, 0.15) is 37.4 Å². The third-order valence-corrected chi connectivity index (χ3v) is 5.84. The maximum absolute atomic E-state index is 14.6. The van der Waals surface area contributed by atoms with E-state index in [0.29, 0.717) is 37.4 Å². The van der Waals surface area contributed by atoms with Gasteiger partial charge in [-0.25, -0.2) is 13.2 Å². The second kappa shape index (κ2) is 9.02. The van der Waals surface area contributed by atoms with Crippen LogP contribution in [0.3, 0.4) is 0 Å². The number of carbonyl (C=O) groups excluding carboxylic acids is 1. The van der Waals surface area contributed by atoms with E-state index in [1.54, 1.807) is 20.0 Å². The van der Waals surface area contributed by atoms with Crippen LogP contribution >= 0.6 is 0 Å². The largest absolute Gasteiger partial charge is 0.377 e. The number of carbonyl (C=O) groups is 1. The van der Waals surface area contributed by atoms with Gasteiger partial charge in [0.1, 0.15) is 5.82 Å². The van der Waals surface area contributed by atoms with E-state index in [2.05, 4.69) is 20.4 Å². The van der Waals surface area contributed by atoms with Gasteiger partial charge >= 0.3 is 0 Å². The number of aromatic nitrogens is 2. The fourth-order valence-electron chi connectivity index (χ4n) is 4.02. The van der Waals surface area contributed by atoms with Crippen molar-refractivity contribution in [1.82, 2.24) is 15.1 Å². The summed E-state index contributed by atoms with van der Waals surface area (Å²) in [7, 11) is 0. The number of fused-ring (bicyclic) bond motifs is 1. The number of nitrogens with zero attached hydrogens (tertiary/aromatic N) is 4. The number of alkyl halides is 2. The number of hydrogen-bond acceptors (Lipinski definition) is 5. The van der Waals surface area contributed by atoms with Gasteiger partial charge in [-0.2, -0.15) is 10.2 Å². The first-order chi connectivity index (χ1) is 15.3. The van der Waals surface area contributed by atoms with Crippen molar-refractivity contribution in [2.24, 2.45) is 0 Å². The SMILES string of the molecule is CC(=O)N1CCN(c2ccc3nncc(N[C@H](C)c4cccc(C(F)F)c4F)c3c2)CC1. The van der Waals surface area contributed by atoms with Crippen LogP contribution in [0.15, 0.2) is 42.6 Å². The lowest BCUT2D eigenvalue weighted by Gasteiger charge is -2.35. The summed E-state index contributed by atoms with van der Waals surface area (Å²) in [6.07, 6.45) is -1.33. The fraction of sp³-hybridized carbons (Fsp3) is 0.348. The average Bonchev–Trinajstić information content (AvgIpc) is 2.79. The molecule has 2 aromatic carbocycles. The number of anilines is 2. The molecule has 1 amide bonds. The molecule has 32 heavy (non-hydrogen) atoms. The molecule has 0 aliphatic carbocycles. The first-order valence-electron chi connectivity index (χ1n) is 10.4. The number of halogens is 3. The van der Waals surface area contributed by atoms with E-state index in [1.807, 2.05) is 23.1 Å². The Hall–Kier alpha value is -3.36. The number of piperazine rings is 1. The third kappa shape index (κ3) is 4.32. The normalized spacial score (nSPS) is 15.3. The monoisotopic (exact) mass is 443 g/mol. The maximum atomic E-state index is 14.6. The summed E-state index contributed by atoms with van der Waals surface area (Å²) < 4.78 is 40.8. The number of benzene rings is 2. The molecule has 2 heterocycles. The Balaban J connectivity index is 1.60. The van der Waals surface area contributed by atoms with E-state index >= 15 is 0 Å². The van der Waals surface area contributed by atoms with E-state index in [-0.39, 0.29) is 11.5 Å². The van der Waals surface area contributed by atoms with Crippen molar-refractivity contribution >= 4 is 28.2 Å². The lowest BCUT2D eigenvalue weighted by Crippen LogP contribution is -2.48. The van der Waals surface area contributed by atoms with Crippen molar-refractivity contribution in [3.05, 3.63) is 59.5 Å². The zero-order valence-electron chi connectivity index (χ0n) is 17.9. The molecular formula is C23H24F3N5O.